The molecule has 1 aromatic rings. The molecule has 0 amide bonds. The summed E-state index contributed by atoms with van der Waals surface area (Å²) in [5.41, 5.74) is 0.848. The lowest BCUT2D eigenvalue weighted by molar-refractivity contribution is 0.0979. The molecule has 0 aliphatic carbocycles. The summed E-state index contributed by atoms with van der Waals surface area (Å²) in [5, 5.41) is 0. The van der Waals surface area contributed by atoms with E-state index in [4.69, 9.17) is 0 Å². The van der Waals surface area contributed by atoms with Crippen molar-refractivity contribution in [3.8, 4) is 0 Å². The Morgan fingerprint density at radius 2 is 1.67 bits per heavy atom. The van der Waals surface area contributed by atoms with Crippen LogP contribution in [0.1, 0.15) is 49.9 Å². The highest BCUT2D eigenvalue weighted by molar-refractivity contribution is 5.95. The Hall–Kier alpha value is -1.15. The van der Waals surface area contributed by atoms with Crippen LogP contribution in [-0.4, -0.2) is 30.3 Å². The van der Waals surface area contributed by atoms with E-state index >= 15 is 0 Å². The van der Waals surface area contributed by atoms with Crippen molar-refractivity contribution < 1.29 is 4.79 Å². The van der Waals surface area contributed by atoms with Gasteiger partial charge in [0.15, 0.2) is 5.78 Å². The lowest BCUT2D eigenvalue weighted by Gasteiger charge is -2.17. The molecule has 2 nitrogen and oxygen atoms in total. The second-order valence-corrected chi connectivity index (χ2v) is 4.63. The van der Waals surface area contributed by atoms with Gasteiger partial charge in [-0.2, -0.15) is 0 Å². The minimum absolute atomic E-state index is 0.276. The number of carbonyl (C=O) groups excluding carboxylic acids is 1. The first-order valence-corrected chi connectivity index (χ1v) is 7.08. The molecule has 0 atom stereocenters. The van der Waals surface area contributed by atoms with E-state index in [9.17, 15) is 4.79 Å². The molecule has 0 aliphatic rings. The minimum atomic E-state index is 0.276. The number of unbranched alkanes of at least 4 members (excludes halogenated alkanes) is 2. The average molecular weight is 247 g/mol. The molecule has 1 aromatic carbocycles. The molecule has 0 radical (unpaired) electrons. The Balaban J connectivity index is 2.13. The fraction of sp³-hybridized carbons (Fsp3) is 0.562. The number of carbonyl (C=O) groups is 1. The molecule has 0 aromatic heterocycles. The predicted molar refractivity (Wildman–Crippen MR) is 77.0 cm³/mol. The maximum absolute atomic E-state index is 11.8. The number of hydrogen-bond acceptors (Lipinski definition) is 2. The largest absolute Gasteiger partial charge is 0.304 e. The van der Waals surface area contributed by atoms with Crippen LogP contribution in [0.4, 0.5) is 0 Å². The summed E-state index contributed by atoms with van der Waals surface area (Å²) >= 11 is 0. The van der Waals surface area contributed by atoms with Crippen LogP contribution in [0.3, 0.4) is 0 Å². The van der Waals surface area contributed by atoms with E-state index < -0.39 is 0 Å². The molecular weight excluding hydrogens is 222 g/mol. The monoisotopic (exact) mass is 247 g/mol. The Labute approximate surface area is 111 Å². The van der Waals surface area contributed by atoms with Crippen molar-refractivity contribution in [3.63, 3.8) is 0 Å². The van der Waals surface area contributed by atoms with Gasteiger partial charge in [-0.05, 0) is 32.5 Å². The maximum Gasteiger partial charge on any atom is 0.162 e. The van der Waals surface area contributed by atoms with Gasteiger partial charge >= 0.3 is 0 Å². The summed E-state index contributed by atoms with van der Waals surface area (Å²) in [6, 6.07) is 9.60. The van der Waals surface area contributed by atoms with Crippen LogP contribution in [0, 0.1) is 0 Å². The van der Waals surface area contributed by atoms with Crippen molar-refractivity contribution in [1.82, 2.24) is 4.90 Å². The molecule has 100 valence electrons. The van der Waals surface area contributed by atoms with Crippen LogP contribution in [-0.2, 0) is 0 Å². The lowest BCUT2D eigenvalue weighted by atomic mass is 10.0. The zero-order valence-corrected chi connectivity index (χ0v) is 11.7. The minimum Gasteiger partial charge on any atom is -0.304 e. The van der Waals surface area contributed by atoms with E-state index in [2.05, 4.69) is 18.7 Å². The van der Waals surface area contributed by atoms with Crippen LogP contribution in [0.2, 0.25) is 0 Å². The van der Waals surface area contributed by atoms with Crippen molar-refractivity contribution in [3.05, 3.63) is 35.9 Å². The predicted octanol–water partition coefficient (Wildman–Crippen LogP) is 3.77. The van der Waals surface area contributed by atoms with Crippen LogP contribution in [0.5, 0.6) is 0 Å². The second kappa shape index (κ2) is 8.87. The molecule has 1 rings (SSSR count). The topological polar surface area (TPSA) is 20.3 Å². The Morgan fingerprint density at radius 1 is 1.00 bits per heavy atom. The highest BCUT2D eigenvalue weighted by Crippen LogP contribution is 2.08. The van der Waals surface area contributed by atoms with Crippen molar-refractivity contribution in [1.29, 1.82) is 0 Å². The van der Waals surface area contributed by atoms with Crippen molar-refractivity contribution in [2.45, 2.75) is 39.5 Å². The van der Waals surface area contributed by atoms with Crippen LogP contribution >= 0.6 is 0 Å². The number of nitrogens with zero attached hydrogens (tertiary/aromatic N) is 1. The molecule has 0 unspecified atom stereocenters. The van der Waals surface area contributed by atoms with Gasteiger partial charge in [-0.3, -0.25) is 4.79 Å². The molecular formula is C16H25NO. The third kappa shape index (κ3) is 5.46. The van der Waals surface area contributed by atoms with Gasteiger partial charge in [0.05, 0.1) is 0 Å². The molecule has 0 N–H and O–H groups in total. The Bertz CT molecular complexity index is 330. The molecule has 0 fully saturated rings. The molecule has 0 spiro atoms. The van der Waals surface area contributed by atoms with Gasteiger partial charge in [0, 0.05) is 12.0 Å². The molecule has 0 heterocycles. The number of hydrogen-bond donors (Lipinski definition) is 0. The summed E-state index contributed by atoms with van der Waals surface area (Å²) in [6.07, 6.45) is 4.04. The van der Waals surface area contributed by atoms with E-state index in [0.29, 0.717) is 6.42 Å². The Kier molecular flexibility index (Phi) is 7.35. The molecule has 0 saturated carbocycles. The maximum atomic E-state index is 11.8. The van der Waals surface area contributed by atoms with Crippen molar-refractivity contribution >= 4 is 5.78 Å². The molecule has 0 aliphatic heterocycles. The fourth-order valence-corrected chi connectivity index (χ4v) is 2.11. The second-order valence-electron chi connectivity index (χ2n) is 4.63. The number of benzene rings is 1. The van der Waals surface area contributed by atoms with Crippen molar-refractivity contribution in [2.24, 2.45) is 0 Å². The van der Waals surface area contributed by atoms with Gasteiger partial charge in [0.1, 0.15) is 0 Å². The zero-order valence-electron chi connectivity index (χ0n) is 11.7. The standard InChI is InChI=1S/C16H25NO/c1-3-17(4-2)14-10-6-9-13-16(18)15-11-7-5-8-12-15/h5,7-8,11-12H,3-4,6,9-10,13-14H2,1-2H3. The van der Waals surface area contributed by atoms with E-state index in [1.54, 1.807) is 0 Å². The lowest BCUT2D eigenvalue weighted by Crippen LogP contribution is -2.23. The van der Waals surface area contributed by atoms with Gasteiger partial charge in [0.25, 0.3) is 0 Å². The van der Waals surface area contributed by atoms with Crippen LogP contribution in [0.25, 0.3) is 0 Å². The summed E-state index contributed by atoms with van der Waals surface area (Å²) in [5.74, 6) is 0.276. The molecule has 0 saturated heterocycles. The normalized spacial score (nSPS) is 10.8. The number of ketones is 1. The summed E-state index contributed by atoms with van der Waals surface area (Å²) in [4.78, 5) is 14.3. The Morgan fingerprint density at radius 3 is 2.28 bits per heavy atom. The smallest absolute Gasteiger partial charge is 0.162 e. The van der Waals surface area contributed by atoms with E-state index in [-0.39, 0.29) is 5.78 Å². The summed E-state index contributed by atoms with van der Waals surface area (Å²) < 4.78 is 0. The van der Waals surface area contributed by atoms with E-state index in [1.807, 2.05) is 30.3 Å². The van der Waals surface area contributed by atoms with Crippen molar-refractivity contribution in [2.75, 3.05) is 19.6 Å². The zero-order chi connectivity index (χ0) is 13.2. The van der Waals surface area contributed by atoms with Gasteiger partial charge < -0.3 is 4.90 Å². The number of Topliss-reactive ketones (excluding diaryl/α,β-unsaturated/α-hetero) is 1. The molecule has 18 heavy (non-hydrogen) atoms. The van der Waals surface area contributed by atoms with Gasteiger partial charge in [-0.25, -0.2) is 0 Å². The van der Waals surface area contributed by atoms with Gasteiger partial charge in [-0.15, -0.1) is 0 Å². The summed E-state index contributed by atoms with van der Waals surface area (Å²) in [7, 11) is 0. The van der Waals surface area contributed by atoms with Crippen LogP contribution < -0.4 is 0 Å². The highest BCUT2D eigenvalue weighted by atomic mass is 16.1. The first-order valence-electron chi connectivity index (χ1n) is 7.08. The van der Waals surface area contributed by atoms with E-state index in [1.165, 1.54) is 6.42 Å². The fourth-order valence-electron chi connectivity index (χ4n) is 2.11. The first kappa shape index (κ1) is 14.9. The third-order valence-corrected chi connectivity index (χ3v) is 3.37. The van der Waals surface area contributed by atoms with Gasteiger partial charge in [-0.1, -0.05) is 50.6 Å². The quantitative estimate of drug-likeness (QED) is 0.489. The van der Waals surface area contributed by atoms with E-state index in [0.717, 1.165) is 38.0 Å². The SMILES string of the molecule is CCN(CC)CCCCCC(=O)c1ccccc1. The molecule has 0 bridgehead atoms. The highest BCUT2D eigenvalue weighted by Gasteiger charge is 2.04. The average Bonchev–Trinajstić information content (AvgIpc) is 2.43. The third-order valence-electron chi connectivity index (χ3n) is 3.37. The number of rotatable bonds is 9. The molecule has 2 heteroatoms. The van der Waals surface area contributed by atoms with Gasteiger partial charge in [0.2, 0.25) is 0 Å². The van der Waals surface area contributed by atoms with Crippen LogP contribution in [0.15, 0.2) is 30.3 Å². The first-order chi connectivity index (χ1) is 8.77. The summed E-state index contributed by atoms with van der Waals surface area (Å²) in [6.45, 7) is 7.80.